The van der Waals surface area contributed by atoms with Gasteiger partial charge in [0, 0.05) is 31.7 Å². The molecule has 4 aliphatic carbocycles. The second-order valence-corrected chi connectivity index (χ2v) is 8.51. The average Bonchev–Trinajstić information content (AvgIpc) is 2.45. The van der Waals surface area contributed by atoms with Crippen molar-refractivity contribution < 1.29 is 0 Å². The number of hydrogen-bond donors (Lipinski definition) is 1. The molecule has 5 fully saturated rings. The molecule has 0 aromatic rings. The fraction of sp³-hybridized carbons (Fsp3) is 1.00. The van der Waals surface area contributed by atoms with Gasteiger partial charge in [-0.05, 0) is 75.0 Å². The van der Waals surface area contributed by atoms with Crippen molar-refractivity contribution in [2.75, 3.05) is 19.6 Å². The molecule has 4 saturated carbocycles. The minimum Gasteiger partial charge on any atom is -0.311 e. The predicted molar refractivity (Wildman–Crippen MR) is 83.7 cm³/mol. The maximum atomic E-state index is 3.69. The van der Waals surface area contributed by atoms with Gasteiger partial charge >= 0.3 is 0 Å². The summed E-state index contributed by atoms with van der Waals surface area (Å²) in [5.41, 5.74) is 0.699. The molecule has 0 amide bonds. The van der Waals surface area contributed by atoms with Gasteiger partial charge in [0.2, 0.25) is 0 Å². The van der Waals surface area contributed by atoms with Crippen LogP contribution in [0.3, 0.4) is 0 Å². The first-order valence-corrected chi connectivity index (χ1v) is 9.16. The second kappa shape index (κ2) is 4.98. The van der Waals surface area contributed by atoms with Crippen LogP contribution in [-0.2, 0) is 0 Å². The van der Waals surface area contributed by atoms with Crippen molar-refractivity contribution in [2.45, 2.75) is 70.9 Å². The Kier molecular flexibility index (Phi) is 3.38. The van der Waals surface area contributed by atoms with E-state index in [4.69, 9.17) is 0 Å². The summed E-state index contributed by atoms with van der Waals surface area (Å²) in [6.07, 6.45) is 10.7. The van der Waals surface area contributed by atoms with Crippen LogP contribution in [0.15, 0.2) is 0 Å². The van der Waals surface area contributed by atoms with E-state index in [1.54, 1.807) is 38.5 Å². The lowest BCUT2D eigenvalue weighted by Gasteiger charge is -2.61. The van der Waals surface area contributed by atoms with E-state index in [9.17, 15) is 0 Å². The minimum atomic E-state index is 0.699. The SMILES string of the molecule is CCC1CN(C(C)C23CC4CC(CC(C4)C2)C3)CCN1. The summed E-state index contributed by atoms with van der Waals surface area (Å²) < 4.78 is 0. The zero-order valence-corrected chi connectivity index (χ0v) is 13.4. The Morgan fingerprint density at radius 3 is 2.25 bits per heavy atom. The highest BCUT2D eigenvalue weighted by molar-refractivity contribution is 5.06. The molecule has 114 valence electrons. The van der Waals surface area contributed by atoms with E-state index < -0.39 is 0 Å². The third kappa shape index (κ3) is 2.14. The minimum absolute atomic E-state index is 0.699. The van der Waals surface area contributed by atoms with Crippen LogP contribution >= 0.6 is 0 Å². The maximum absolute atomic E-state index is 3.69. The molecule has 2 nitrogen and oxygen atoms in total. The fourth-order valence-corrected chi connectivity index (χ4v) is 6.55. The van der Waals surface area contributed by atoms with Crippen LogP contribution in [-0.4, -0.2) is 36.6 Å². The van der Waals surface area contributed by atoms with Crippen molar-refractivity contribution in [3.05, 3.63) is 0 Å². The highest BCUT2D eigenvalue weighted by Gasteiger charge is 2.54. The summed E-state index contributed by atoms with van der Waals surface area (Å²) >= 11 is 0. The van der Waals surface area contributed by atoms with Crippen molar-refractivity contribution >= 4 is 0 Å². The number of hydrogen-bond acceptors (Lipinski definition) is 2. The standard InChI is InChI=1S/C18H32N2/c1-3-17-12-20(5-4-19-17)13(2)18-9-14-6-15(10-18)8-16(7-14)11-18/h13-17,19H,3-12H2,1-2H3. The number of nitrogens with zero attached hydrogens (tertiary/aromatic N) is 1. The Hall–Kier alpha value is -0.0800. The van der Waals surface area contributed by atoms with Crippen LogP contribution in [0.25, 0.3) is 0 Å². The molecule has 1 heterocycles. The van der Waals surface area contributed by atoms with E-state index >= 15 is 0 Å². The smallest absolute Gasteiger partial charge is 0.0193 e. The van der Waals surface area contributed by atoms with Crippen LogP contribution in [0.1, 0.15) is 58.8 Å². The number of piperazine rings is 1. The van der Waals surface area contributed by atoms with Crippen molar-refractivity contribution in [1.29, 1.82) is 0 Å². The van der Waals surface area contributed by atoms with E-state index in [0.29, 0.717) is 5.41 Å². The van der Waals surface area contributed by atoms with Crippen LogP contribution in [0.5, 0.6) is 0 Å². The zero-order chi connectivity index (χ0) is 13.7. The molecule has 1 saturated heterocycles. The zero-order valence-electron chi connectivity index (χ0n) is 13.4. The molecule has 2 atom stereocenters. The van der Waals surface area contributed by atoms with Gasteiger partial charge in [0.1, 0.15) is 0 Å². The molecule has 1 aliphatic heterocycles. The van der Waals surface area contributed by atoms with Crippen LogP contribution in [0.4, 0.5) is 0 Å². The van der Waals surface area contributed by atoms with E-state index in [2.05, 4.69) is 24.1 Å². The van der Waals surface area contributed by atoms with Gasteiger partial charge in [-0.2, -0.15) is 0 Å². The lowest BCUT2D eigenvalue weighted by molar-refractivity contribution is -0.100. The summed E-state index contributed by atoms with van der Waals surface area (Å²) in [6, 6.07) is 1.56. The third-order valence-electron chi connectivity index (χ3n) is 7.30. The Balaban J connectivity index is 1.51. The van der Waals surface area contributed by atoms with Crippen molar-refractivity contribution in [1.82, 2.24) is 10.2 Å². The number of rotatable bonds is 3. The first-order chi connectivity index (χ1) is 9.68. The molecule has 1 N–H and O–H groups in total. The summed E-state index contributed by atoms with van der Waals surface area (Å²) in [5.74, 6) is 3.27. The third-order valence-corrected chi connectivity index (χ3v) is 7.30. The lowest BCUT2D eigenvalue weighted by atomic mass is 9.47. The fourth-order valence-electron chi connectivity index (χ4n) is 6.55. The molecular weight excluding hydrogens is 244 g/mol. The lowest BCUT2D eigenvalue weighted by Crippen LogP contribution is -2.60. The second-order valence-electron chi connectivity index (χ2n) is 8.51. The molecule has 0 spiro atoms. The Morgan fingerprint density at radius 2 is 1.70 bits per heavy atom. The quantitative estimate of drug-likeness (QED) is 0.851. The Bertz CT molecular complexity index is 329. The van der Waals surface area contributed by atoms with E-state index in [-0.39, 0.29) is 0 Å². The van der Waals surface area contributed by atoms with Gasteiger partial charge < -0.3 is 5.32 Å². The topological polar surface area (TPSA) is 15.3 Å². The first-order valence-electron chi connectivity index (χ1n) is 9.16. The van der Waals surface area contributed by atoms with E-state index in [1.165, 1.54) is 26.1 Å². The maximum Gasteiger partial charge on any atom is 0.0193 e. The molecule has 4 bridgehead atoms. The number of nitrogens with one attached hydrogen (secondary N) is 1. The molecule has 5 rings (SSSR count). The van der Waals surface area contributed by atoms with Crippen molar-refractivity contribution in [3.8, 4) is 0 Å². The van der Waals surface area contributed by atoms with E-state index in [0.717, 1.165) is 29.8 Å². The molecule has 5 aliphatic rings. The summed E-state index contributed by atoms with van der Waals surface area (Å²) in [6.45, 7) is 8.68. The molecule has 0 radical (unpaired) electrons. The molecule has 2 unspecified atom stereocenters. The van der Waals surface area contributed by atoms with Crippen LogP contribution in [0, 0.1) is 23.2 Å². The molecular formula is C18H32N2. The van der Waals surface area contributed by atoms with Crippen LogP contribution < -0.4 is 5.32 Å². The molecule has 20 heavy (non-hydrogen) atoms. The van der Waals surface area contributed by atoms with Crippen LogP contribution in [0.2, 0.25) is 0 Å². The molecule has 2 heteroatoms. The van der Waals surface area contributed by atoms with Gasteiger partial charge in [0.05, 0.1) is 0 Å². The van der Waals surface area contributed by atoms with Gasteiger partial charge in [-0.15, -0.1) is 0 Å². The average molecular weight is 276 g/mol. The summed E-state index contributed by atoms with van der Waals surface area (Å²) in [4.78, 5) is 2.85. The van der Waals surface area contributed by atoms with Gasteiger partial charge in [-0.3, -0.25) is 4.90 Å². The Labute approximate surface area is 124 Å². The van der Waals surface area contributed by atoms with E-state index in [1.807, 2.05) is 0 Å². The van der Waals surface area contributed by atoms with Crippen molar-refractivity contribution in [2.24, 2.45) is 23.2 Å². The predicted octanol–water partition coefficient (Wildman–Crippen LogP) is 3.28. The monoisotopic (exact) mass is 276 g/mol. The van der Waals surface area contributed by atoms with Gasteiger partial charge in [0.15, 0.2) is 0 Å². The van der Waals surface area contributed by atoms with Gasteiger partial charge in [-0.1, -0.05) is 6.92 Å². The van der Waals surface area contributed by atoms with Gasteiger partial charge in [0.25, 0.3) is 0 Å². The summed E-state index contributed by atoms with van der Waals surface area (Å²) in [7, 11) is 0. The molecule has 0 aromatic heterocycles. The summed E-state index contributed by atoms with van der Waals surface area (Å²) in [5, 5.41) is 3.69. The largest absolute Gasteiger partial charge is 0.311 e. The normalized spacial score (nSPS) is 49.5. The highest BCUT2D eigenvalue weighted by atomic mass is 15.2. The van der Waals surface area contributed by atoms with Crippen molar-refractivity contribution in [3.63, 3.8) is 0 Å². The highest BCUT2D eigenvalue weighted by Crippen LogP contribution is 2.61. The first kappa shape index (κ1) is 13.6. The Morgan fingerprint density at radius 1 is 1.10 bits per heavy atom. The van der Waals surface area contributed by atoms with Gasteiger partial charge in [-0.25, -0.2) is 0 Å². The molecule has 0 aromatic carbocycles.